The molecule has 4 heteroatoms. The van der Waals surface area contributed by atoms with Crippen LogP contribution in [-0.2, 0) is 0 Å². The van der Waals surface area contributed by atoms with Crippen molar-refractivity contribution < 1.29 is 0 Å². The number of hydrogen-bond donors (Lipinski definition) is 1. The van der Waals surface area contributed by atoms with Gasteiger partial charge in [0, 0.05) is 17.8 Å². The number of halogens is 1. The summed E-state index contributed by atoms with van der Waals surface area (Å²) < 4.78 is 1.32. The normalized spacial score (nSPS) is 12.7. The van der Waals surface area contributed by atoms with Crippen molar-refractivity contribution in [2.75, 3.05) is 6.54 Å². The first kappa shape index (κ1) is 14.0. The molecular weight excluding hydrogens is 379 g/mol. The molecule has 0 saturated carbocycles. The Balaban J connectivity index is 2.14. The van der Waals surface area contributed by atoms with Crippen molar-refractivity contribution in [2.45, 2.75) is 13.0 Å². The summed E-state index contributed by atoms with van der Waals surface area (Å²) in [5.41, 5.74) is 2.63. The van der Waals surface area contributed by atoms with Gasteiger partial charge in [0.05, 0.1) is 8.93 Å². The Morgan fingerprint density at radius 2 is 2.25 bits per heavy atom. The number of hydrogen-bond acceptors (Lipinski definition) is 3. The largest absolute Gasteiger partial charge is 0.306 e. The lowest BCUT2D eigenvalue weighted by Crippen LogP contribution is -2.21. The molecule has 0 radical (unpaired) electrons. The topological polar surface area (TPSA) is 24.9 Å². The van der Waals surface area contributed by atoms with E-state index in [1.54, 1.807) is 11.3 Å². The molecule has 2 nitrogen and oxygen atoms in total. The highest BCUT2D eigenvalue weighted by Gasteiger charge is 2.16. The molecule has 3 aromatic rings. The van der Waals surface area contributed by atoms with Gasteiger partial charge in [-0.3, -0.25) is 4.98 Å². The summed E-state index contributed by atoms with van der Waals surface area (Å²) in [6.07, 6.45) is 3.81. The summed E-state index contributed by atoms with van der Waals surface area (Å²) in [5, 5.41) is 8.30. The van der Waals surface area contributed by atoms with E-state index in [1.807, 2.05) is 12.4 Å². The van der Waals surface area contributed by atoms with E-state index in [0.717, 1.165) is 6.54 Å². The molecule has 0 saturated heterocycles. The lowest BCUT2D eigenvalue weighted by Gasteiger charge is -2.19. The minimum atomic E-state index is 0.229. The molecule has 102 valence electrons. The molecule has 1 unspecified atom stereocenters. The van der Waals surface area contributed by atoms with Crippen LogP contribution in [0.1, 0.15) is 24.1 Å². The molecule has 0 aliphatic rings. The van der Waals surface area contributed by atoms with Gasteiger partial charge >= 0.3 is 0 Å². The molecular formula is C16H15IN2S. The minimum Gasteiger partial charge on any atom is -0.306 e. The van der Waals surface area contributed by atoms with E-state index in [9.17, 15) is 0 Å². The van der Waals surface area contributed by atoms with Crippen LogP contribution in [0, 0.1) is 2.88 Å². The van der Waals surface area contributed by atoms with E-state index in [1.165, 1.54) is 24.8 Å². The summed E-state index contributed by atoms with van der Waals surface area (Å²) in [6.45, 7) is 3.08. The quantitative estimate of drug-likeness (QED) is 0.655. The Hall–Kier alpha value is -0.980. The zero-order valence-electron chi connectivity index (χ0n) is 11.1. The predicted molar refractivity (Wildman–Crippen MR) is 94.3 cm³/mol. The maximum atomic E-state index is 4.29. The van der Waals surface area contributed by atoms with E-state index >= 15 is 0 Å². The predicted octanol–water partition coefficient (Wildman–Crippen LogP) is 4.60. The Kier molecular flexibility index (Phi) is 4.33. The van der Waals surface area contributed by atoms with Gasteiger partial charge in [-0.1, -0.05) is 25.1 Å². The average Bonchev–Trinajstić information content (AvgIpc) is 2.91. The van der Waals surface area contributed by atoms with Crippen LogP contribution in [0.5, 0.6) is 0 Å². The highest BCUT2D eigenvalue weighted by Crippen LogP contribution is 2.31. The number of fused-ring (bicyclic) bond motifs is 1. The fourth-order valence-corrected chi connectivity index (χ4v) is 3.87. The lowest BCUT2D eigenvalue weighted by atomic mass is 9.96. The molecule has 0 fully saturated rings. The van der Waals surface area contributed by atoms with Gasteiger partial charge < -0.3 is 5.32 Å². The van der Waals surface area contributed by atoms with Crippen LogP contribution in [0.2, 0.25) is 0 Å². The number of benzene rings is 1. The van der Waals surface area contributed by atoms with Crippen LogP contribution < -0.4 is 5.32 Å². The second-order valence-corrected chi connectivity index (χ2v) is 7.42. The van der Waals surface area contributed by atoms with Crippen LogP contribution in [0.4, 0.5) is 0 Å². The molecule has 2 aromatic heterocycles. The first-order valence-electron chi connectivity index (χ1n) is 6.59. The standard InChI is InChI=1S/C16H15IN2S/c1-2-19-16(12-8-15(17)20-10-12)13-5-3-4-11-6-7-18-9-14(11)13/h3-10,16,19H,2H2,1H3. The van der Waals surface area contributed by atoms with Crippen molar-refractivity contribution in [3.63, 3.8) is 0 Å². The van der Waals surface area contributed by atoms with Gasteiger partial charge in [-0.15, -0.1) is 11.3 Å². The third-order valence-electron chi connectivity index (χ3n) is 3.36. The molecule has 0 amide bonds. The van der Waals surface area contributed by atoms with Crippen molar-refractivity contribution >= 4 is 44.7 Å². The third kappa shape index (κ3) is 2.73. The number of aromatic nitrogens is 1. The fraction of sp³-hybridized carbons (Fsp3) is 0.188. The van der Waals surface area contributed by atoms with Crippen molar-refractivity contribution in [3.8, 4) is 0 Å². The van der Waals surface area contributed by atoms with Crippen LogP contribution in [0.15, 0.2) is 48.1 Å². The monoisotopic (exact) mass is 394 g/mol. The van der Waals surface area contributed by atoms with Gasteiger partial charge in [-0.2, -0.15) is 0 Å². The van der Waals surface area contributed by atoms with E-state index in [-0.39, 0.29) is 6.04 Å². The Labute approximate surface area is 136 Å². The van der Waals surface area contributed by atoms with Gasteiger partial charge in [0.25, 0.3) is 0 Å². The molecule has 2 heterocycles. The van der Waals surface area contributed by atoms with Crippen molar-refractivity contribution in [3.05, 3.63) is 62.1 Å². The molecule has 1 N–H and O–H groups in total. The highest BCUT2D eigenvalue weighted by molar-refractivity contribution is 14.1. The van der Waals surface area contributed by atoms with Crippen molar-refractivity contribution in [1.29, 1.82) is 0 Å². The summed E-state index contributed by atoms with van der Waals surface area (Å²) in [5.74, 6) is 0. The smallest absolute Gasteiger partial charge is 0.0656 e. The molecule has 0 aliphatic heterocycles. The van der Waals surface area contributed by atoms with Gasteiger partial charge in [0.2, 0.25) is 0 Å². The van der Waals surface area contributed by atoms with Crippen LogP contribution in [-0.4, -0.2) is 11.5 Å². The molecule has 3 rings (SSSR count). The Bertz CT molecular complexity index is 718. The number of nitrogens with zero attached hydrogens (tertiary/aromatic N) is 1. The molecule has 0 spiro atoms. The maximum Gasteiger partial charge on any atom is 0.0656 e. The molecule has 0 aliphatic carbocycles. The molecule has 0 bridgehead atoms. The first-order valence-corrected chi connectivity index (χ1v) is 8.55. The number of nitrogens with one attached hydrogen (secondary N) is 1. The summed E-state index contributed by atoms with van der Waals surface area (Å²) in [6, 6.07) is 11.0. The van der Waals surface area contributed by atoms with E-state index < -0.39 is 0 Å². The van der Waals surface area contributed by atoms with E-state index in [2.05, 4.69) is 75.5 Å². The number of pyridine rings is 1. The average molecular weight is 394 g/mol. The summed E-state index contributed by atoms with van der Waals surface area (Å²) in [4.78, 5) is 4.29. The second kappa shape index (κ2) is 6.20. The van der Waals surface area contributed by atoms with Crippen LogP contribution in [0.3, 0.4) is 0 Å². The van der Waals surface area contributed by atoms with Gasteiger partial charge in [-0.05, 0) is 63.2 Å². The fourth-order valence-electron chi connectivity index (χ4n) is 2.47. The summed E-state index contributed by atoms with van der Waals surface area (Å²) >= 11 is 4.17. The van der Waals surface area contributed by atoms with Gasteiger partial charge in [-0.25, -0.2) is 0 Å². The van der Waals surface area contributed by atoms with Crippen LogP contribution >= 0.6 is 33.9 Å². The molecule has 20 heavy (non-hydrogen) atoms. The number of thiophene rings is 1. The Morgan fingerprint density at radius 3 is 3.00 bits per heavy atom. The van der Waals surface area contributed by atoms with E-state index in [0.29, 0.717) is 0 Å². The summed E-state index contributed by atoms with van der Waals surface area (Å²) in [7, 11) is 0. The maximum absolute atomic E-state index is 4.29. The van der Waals surface area contributed by atoms with Gasteiger partial charge in [0.15, 0.2) is 0 Å². The minimum absolute atomic E-state index is 0.229. The zero-order chi connectivity index (χ0) is 13.9. The lowest BCUT2D eigenvalue weighted by molar-refractivity contribution is 0.636. The second-order valence-electron chi connectivity index (χ2n) is 4.62. The van der Waals surface area contributed by atoms with Gasteiger partial charge in [0.1, 0.15) is 0 Å². The highest BCUT2D eigenvalue weighted by atomic mass is 127. The molecule has 1 atom stereocenters. The SMILES string of the molecule is CCNC(c1csc(I)c1)c1cccc2ccncc12. The number of rotatable bonds is 4. The third-order valence-corrected chi connectivity index (χ3v) is 5.16. The molecule has 1 aromatic carbocycles. The van der Waals surface area contributed by atoms with Crippen molar-refractivity contribution in [1.82, 2.24) is 10.3 Å². The van der Waals surface area contributed by atoms with Crippen molar-refractivity contribution in [2.24, 2.45) is 0 Å². The zero-order valence-corrected chi connectivity index (χ0v) is 14.1. The first-order chi connectivity index (χ1) is 9.79. The Morgan fingerprint density at radius 1 is 1.35 bits per heavy atom. The van der Waals surface area contributed by atoms with Crippen LogP contribution in [0.25, 0.3) is 10.8 Å². The van der Waals surface area contributed by atoms with E-state index in [4.69, 9.17) is 0 Å².